The van der Waals surface area contributed by atoms with Gasteiger partial charge in [-0.2, -0.15) is 13.2 Å². The summed E-state index contributed by atoms with van der Waals surface area (Å²) in [5, 5.41) is 2.93. The van der Waals surface area contributed by atoms with Gasteiger partial charge >= 0.3 is 6.18 Å². The number of hydrogen-bond donors (Lipinski definition) is 2. The van der Waals surface area contributed by atoms with E-state index in [2.05, 4.69) is 11.9 Å². The van der Waals surface area contributed by atoms with Crippen molar-refractivity contribution in [1.82, 2.24) is 5.32 Å². The molecule has 0 aliphatic carbocycles. The zero-order valence-corrected chi connectivity index (χ0v) is 10.5. The SMILES string of the molecule is C=C(C)CNC(CN)c1cc(F)cc(C(F)(F)F)c1. The van der Waals surface area contributed by atoms with Crippen LogP contribution in [0.2, 0.25) is 0 Å². The molecule has 0 bridgehead atoms. The summed E-state index contributed by atoms with van der Waals surface area (Å²) < 4.78 is 51.1. The zero-order valence-electron chi connectivity index (χ0n) is 10.5. The molecule has 3 N–H and O–H groups in total. The van der Waals surface area contributed by atoms with Gasteiger partial charge in [-0.05, 0) is 30.7 Å². The fraction of sp³-hybridized carbons (Fsp3) is 0.385. The van der Waals surface area contributed by atoms with Gasteiger partial charge in [0.1, 0.15) is 5.82 Å². The zero-order chi connectivity index (χ0) is 14.6. The molecule has 1 rings (SSSR count). The first-order valence-electron chi connectivity index (χ1n) is 5.69. The highest BCUT2D eigenvalue weighted by atomic mass is 19.4. The van der Waals surface area contributed by atoms with Crippen LogP contribution in [0.5, 0.6) is 0 Å². The number of nitrogens with two attached hydrogens (primary N) is 1. The predicted octanol–water partition coefficient (Wildman–Crippen LogP) is 3.01. The van der Waals surface area contributed by atoms with Crippen molar-refractivity contribution >= 4 is 0 Å². The molecule has 0 spiro atoms. The summed E-state index contributed by atoms with van der Waals surface area (Å²) in [6, 6.07) is 1.88. The fourth-order valence-electron chi connectivity index (χ4n) is 1.61. The molecule has 19 heavy (non-hydrogen) atoms. The Kier molecular flexibility index (Phi) is 5.08. The second-order valence-electron chi connectivity index (χ2n) is 4.40. The topological polar surface area (TPSA) is 38.0 Å². The lowest BCUT2D eigenvalue weighted by atomic mass is 10.0. The van der Waals surface area contributed by atoms with E-state index >= 15 is 0 Å². The second-order valence-corrected chi connectivity index (χ2v) is 4.40. The summed E-state index contributed by atoms with van der Waals surface area (Å²) in [5.41, 5.74) is 5.48. The molecule has 0 aliphatic heterocycles. The summed E-state index contributed by atoms with van der Waals surface area (Å²) in [7, 11) is 0. The van der Waals surface area contributed by atoms with Crippen molar-refractivity contribution in [3.8, 4) is 0 Å². The Hall–Kier alpha value is -1.40. The number of alkyl halides is 3. The van der Waals surface area contributed by atoms with Gasteiger partial charge in [0.25, 0.3) is 0 Å². The largest absolute Gasteiger partial charge is 0.416 e. The number of nitrogens with one attached hydrogen (secondary N) is 1. The molecule has 0 saturated heterocycles. The first kappa shape index (κ1) is 15.7. The van der Waals surface area contributed by atoms with Gasteiger partial charge < -0.3 is 11.1 Å². The molecule has 0 amide bonds. The van der Waals surface area contributed by atoms with E-state index in [0.29, 0.717) is 12.6 Å². The molecule has 0 heterocycles. The number of halogens is 4. The van der Waals surface area contributed by atoms with Crippen LogP contribution < -0.4 is 11.1 Å². The minimum atomic E-state index is -4.58. The number of hydrogen-bond acceptors (Lipinski definition) is 2. The lowest BCUT2D eigenvalue weighted by Crippen LogP contribution is -2.29. The minimum absolute atomic E-state index is 0.0635. The van der Waals surface area contributed by atoms with Gasteiger partial charge in [0, 0.05) is 19.1 Å². The van der Waals surface area contributed by atoms with Gasteiger partial charge in [0.15, 0.2) is 0 Å². The van der Waals surface area contributed by atoms with Crippen LogP contribution in [0.4, 0.5) is 17.6 Å². The van der Waals surface area contributed by atoms with Crippen LogP contribution in [0, 0.1) is 5.82 Å². The van der Waals surface area contributed by atoms with Gasteiger partial charge in [0.2, 0.25) is 0 Å². The van der Waals surface area contributed by atoms with Crippen molar-refractivity contribution in [2.24, 2.45) is 5.73 Å². The van der Waals surface area contributed by atoms with E-state index in [4.69, 9.17) is 5.73 Å². The molecule has 0 radical (unpaired) electrons. The standard InChI is InChI=1S/C13H16F4N2/c1-8(2)7-19-12(6-18)9-3-10(13(15,16)17)5-11(14)4-9/h3-5,12,19H,1,6-7,18H2,2H3. The molecule has 1 aromatic carbocycles. The lowest BCUT2D eigenvalue weighted by Gasteiger charge is -2.19. The second kappa shape index (κ2) is 6.16. The Morgan fingerprint density at radius 3 is 2.47 bits per heavy atom. The molecule has 1 aromatic rings. The Morgan fingerprint density at radius 2 is 2.00 bits per heavy atom. The lowest BCUT2D eigenvalue weighted by molar-refractivity contribution is -0.137. The third-order valence-electron chi connectivity index (χ3n) is 2.54. The first-order chi connectivity index (χ1) is 8.74. The minimum Gasteiger partial charge on any atom is -0.329 e. The maximum atomic E-state index is 13.3. The fourth-order valence-corrected chi connectivity index (χ4v) is 1.61. The Labute approximate surface area is 109 Å². The van der Waals surface area contributed by atoms with E-state index in [-0.39, 0.29) is 12.1 Å². The molecule has 1 unspecified atom stereocenters. The van der Waals surface area contributed by atoms with Crippen LogP contribution in [-0.4, -0.2) is 13.1 Å². The van der Waals surface area contributed by atoms with Crippen LogP contribution in [0.25, 0.3) is 0 Å². The Morgan fingerprint density at radius 1 is 1.37 bits per heavy atom. The van der Waals surface area contributed by atoms with Gasteiger partial charge in [-0.3, -0.25) is 0 Å². The summed E-state index contributed by atoms with van der Waals surface area (Å²) in [5.74, 6) is -0.930. The quantitative estimate of drug-likeness (QED) is 0.641. The molecule has 0 fully saturated rings. The van der Waals surface area contributed by atoms with E-state index < -0.39 is 23.6 Å². The maximum Gasteiger partial charge on any atom is 0.416 e. The third kappa shape index (κ3) is 4.65. The maximum absolute atomic E-state index is 13.3. The molecular weight excluding hydrogens is 260 g/mol. The van der Waals surface area contributed by atoms with Crippen LogP contribution >= 0.6 is 0 Å². The van der Waals surface area contributed by atoms with Crippen LogP contribution in [-0.2, 0) is 6.18 Å². The predicted molar refractivity (Wildman–Crippen MR) is 66.0 cm³/mol. The first-order valence-corrected chi connectivity index (χ1v) is 5.69. The summed E-state index contributed by atoms with van der Waals surface area (Å²) >= 11 is 0. The Bertz CT molecular complexity index is 454. The van der Waals surface area contributed by atoms with Crippen molar-refractivity contribution in [3.05, 3.63) is 47.3 Å². The van der Waals surface area contributed by atoms with Crippen molar-refractivity contribution in [1.29, 1.82) is 0 Å². The van der Waals surface area contributed by atoms with Gasteiger partial charge in [-0.25, -0.2) is 4.39 Å². The van der Waals surface area contributed by atoms with Gasteiger partial charge in [-0.1, -0.05) is 12.2 Å². The summed E-state index contributed by atoms with van der Waals surface area (Å²) in [6.07, 6.45) is -4.58. The molecule has 1 atom stereocenters. The molecule has 0 aromatic heterocycles. The molecule has 106 valence electrons. The third-order valence-corrected chi connectivity index (χ3v) is 2.54. The van der Waals surface area contributed by atoms with Crippen LogP contribution in [0.3, 0.4) is 0 Å². The monoisotopic (exact) mass is 276 g/mol. The normalized spacial score (nSPS) is 13.4. The smallest absolute Gasteiger partial charge is 0.329 e. The average molecular weight is 276 g/mol. The van der Waals surface area contributed by atoms with E-state index in [0.717, 1.165) is 17.7 Å². The van der Waals surface area contributed by atoms with Crippen molar-refractivity contribution in [2.45, 2.75) is 19.1 Å². The van der Waals surface area contributed by atoms with Gasteiger partial charge in [0.05, 0.1) is 5.56 Å². The average Bonchev–Trinajstić information content (AvgIpc) is 2.27. The van der Waals surface area contributed by atoms with E-state index in [1.165, 1.54) is 0 Å². The molecule has 2 nitrogen and oxygen atoms in total. The molecule has 6 heteroatoms. The van der Waals surface area contributed by atoms with E-state index in [1.54, 1.807) is 6.92 Å². The highest BCUT2D eigenvalue weighted by Crippen LogP contribution is 2.31. The van der Waals surface area contributed by atoms with E-state index in [9.17, 15) is 17.6 Å². The van der Waals surface area contributed by atoms with Gasteiger partial charge in [-0.15, -0.1) is 0 Å². The summed E-state index contributed by atoms with van der Waals surface area (Å²) in [6.45, 7) is 5.91. The molecule has 0 saturated carbocycles. The van der Waals surface area contributed by atoms with Crippen molar-refractivity contribution in [2.75, 3.05) is 13.1 Å². The van der Waals surface area contributed by atoms with E-state index in [1.807, 2.05) is 0 Å². The highest BCUT2D eigenvalue weighted by Gasteiger charge is 2.31. The Balaban J connectivity index is 3.03. The van der Waals surface area contributed by atoms with Crippen molar-refractivity contribution in [3.63, 3.8) is 0 Å². The molecular formula is C13H16F4N2. The summed E-state index contributed by atoms with van der Waals surface area (Å²) in [4.78, 5) is 0. The van der Waals surface area contributed by atoms with Crippen LogP contribution in [0.15, 0.2) is 30.4 Å². The van der Waals surface area contributed by atoms with Crippen LogP contribution in [0.1, 0.15) is 24.1 Å². The highest BCUT2D eigenvalue weighted by molar-refractivity contribution is 5.29. The molecule has 0 aliphatic rings. The number of benzene rings is 1. The van der Waals surface area contributed by atoms with Crippen molar-refractivity contribution < 1.29 is 17.6 Å². The number of rotatable bonds is 5.